The third-order valence-electron chi connectivity index (χ3n) is 3.96. The number of hydrogen-bond acceptors (Lipinski definition) is 2. The lowest BCUT2D eigenvalue weighted by Gasteiger charge is -2.26. The summed E-state index contributed by atoms with van der Waals surface area (Å²) in [5, 5.41) is 0. The van der Waals surface area contributed by atoms with E-state index in [-0.39, 0.29) is 23.9 Å². The Bertz CT molecular complexity index is 411. The molecule has 1 aliphatic carbocycles. The van der Waals surface area contributed by atoms with Crippen molar-refractivity contribution in [3.63, 3.8) is 0 Å². The number of halogens is 1. The first kappa shape index (κ1) is 13.2. The predicted octanol–water partition coefficient (Wildman–Crippen LogP) is 2.70. The molecule has 1 fully saturated rings. The molecule has 98 valence electrons. The summed E-state index contributed by atoms with van der Waals surface area (Å²) in [4.78, 5) is 12.1. The molecule has 3 heteroatoms. The van der Waals surface area contributed by atoms with E-state index in [1.807, 2.05) is 0 Å². The van der Waals surface area contributed by atoms with Gasteiger partial charge < -0.3 is 5.73 Å². The van der Waals surface area contributed by atoms with Crippen LogP contribution in [0, 0.1) is 17.7 Å². The first-order valence-corrected chi connectivity index (χ1v) is 6.67. The minimum absolute atomic E-state index is 0.104. The Labute approximate surface area is 107 Å². The van der Waals surface area contributed by atoms with E-state index in [9.17, 15) is 9.18 Å². The molecule has 1 saturated carbocycles. The van der Waals surface area contributed by atoms with Gasteiger partial charge in [0.1, 0.15) is 11.6 Å². The minimum atomic E-state index is -0.276. The Hall–Kier alpha value is -1.22. The van der Waals surface area contributed by atoms with E-state index >= 15 is 0 Å². The van der Waals surface area contributed by atoms with E-state index < -0.39 is 0 Å². The molecule has 0 radical (unpaired) electrons. The van der Waals surface area contributed by atoms with Crippen LogP contribution in [-0.2, 0) is 11.2 Å². The normalized spacial score (nSPS) is 23.9. The second-order valence-electron chi connectivity index (χ2n) is 5.19. The molecule has 0 saturated heterocycles. The standard InChI is InChI=1S/C15H20FNO/c16-14-4-2-1-3-13(14)9-15(18)12-7-5-11(10-17)6-8-12/h1-4,11-12H,5-10,17H2. The van der Waals surface area contributed by atoms with Crippen LogP contribution < -0.4 is 5.73 Å². The van der Waals surface area contributed by atoms with Gasteiger partial charge in [-0.25, -0.2) is 4.39 Å². The van der Waals surface area contributed by atoms with Crippen LogP contribution in [0.5, 0.6) is 0 Å². The molecule has 1 aromatic rings. The first-order chi connectivity index (χ1) is 8.70. The molecule has 0 aromatic heterocycles. The lowest BCUT2D eigenvalue weighted by molar-refractivity contribution is -0.123. The molecule has 18 heavy (non-hydrogen) atoms. The van der Waals surface area contributed by atoms with E-state index in [2.05, 4.69) is 0 Å². The van der Waals surface area contributed by atoms with E-state index in [0.717, 1.165) is 25.7 Å². The topological polar surface area (TPSA) is 43.1 Å². The fourth-order valence-corrected chi connectivity index (χ4v) is 2.69. The number of rotatable bonds is 4. The summed E-state index contributed by atoms with van der Waals surface area (Å²) in [6.45, 7) is 0.716. The smallest absolute Gasteiger partial charge is 0.140 e. The van der Waals surface area contributed by atoms with Gasteiger partial charge in [0.25, 0.3) is 0 Å². The highest BCUT2D eigenvalue weighted by Gasteiger charge is 2.25. The van der Waals surface area contributed by atoms with Gasteiger partial charge in [0.05, 0.1) is 0 Å². The summed E-state index contributed by atoms with van der Waals surface area (Å²) in [5.74, 6) is 0.576. The van der Waals surface area contributed by atoms with Gasteiger partial charge in [-0.15, -0.1) is 0 Å². The van der Waals surface area contributed by atoms with Crippen LogP contribution >= 0.6 is 0 Å². The van der Waals surface area contributed by atoms with Crippen LogP contribution in [0.25, 0.3) is 0 Å². The summed E-state index contributed by atoms with van der Waals surface area (Å²) in [5.41, 5.74) is 6.15. The van der Waals surface area contributed by atoms with E-state index in [0.29, 0.717) is 18.0 Å². The van der Waals surface area contributed by atoms with Crippen LogP contribution in [0.4, 0.5) is 4.39 Å². The number of nitrogens with two attached hydrogens (primary N) is 1. The van der Waals surface area contributed by atoms with Crippen molar-refractivity contribution in [1.82, 2.24) is 0 Å². The number of Topliss-reactive ketones (excluding diaryl/α,β-unsaturated/α-hetero) is 1. The van der Waals surface area contributed by atoms with Crippen LogP contribution in [-0.4, -0.2) is 12.3 Å². The second kappa shape index (κ2) is 6.10. The molecular weight excluding hydrogens is 229 g/mol. The number of carbonyl (C=O) groups is 1. The maximum atomic E-state index is 13.5. The zero-order valence-corrected chi connectivity index (χ0v) is 10.6. The fourth-order valence-electron chi connectivity index (χ4n) is 2.69. The number of benzene rings is 1. The van der Waals surface area contributed by atoms with Gasteiger partial charge in [0, 0.05) is 12.3 Å². The van der Waals surface area contributed by atoms with Crippen molar-refractivity contribution in [1.29, 1.82) is 0 Å². The molecule has 0 atom stereocenters. The van der Waals surface area contributed by atoms with Crippen LogP contribution in [0.2, 0.25) is 0 Å². The number of carbonyl (C=O) groups excluding carboxylic acids is 1. The van der Waals surface area contributed by atoms with Gasteiger partial charge >= 0.3 is 0 Å². The van der Waals surface area contributed by atoms with Gasteiger partial charge in [-0.2, -0.15) is 0 Å². The highest BCUT2D eigenvalue weighted by Crippen LogP contribution is 2.29. The lowest BCUT2D eigenvalue weighted by Crippen LogP contribution is -2.26. The van der Waals surface area contributed by atoms with Crippen molar-refractivity contribution >= 4 is 5.78 Å². The van der Waals surface area contributed by atoms with Crippen molar-refractivity contribution in [2.45, 2.75) is 32.1 Å². The van der Waals surface area contributed by atoms with E-state index in [4.69, 9.17) is 5.73 Å². The number of ketones is 1. The van der Waals surface area contributed by atoms with Gasteiger partial charge in [0.15, 0.2) is 0 Å². The van der Waals surface area contributed by atoms with Crippen LogP contribution in [0.3, 0.4) is 0 Å². The Morgan fingerprint density at radius 2 is 1.89 bits per heavy atom. The van der Waals surface area contributed by atoms with Crippen molar-refractivity contribution in [2.24, 2.45) is 17.6 Å². The van der Waals surface area contributed by atoms with Gasteiger partial charge in [-0.05, 0) is 49.8 Å². The van der Waals surface area contributed by atoms with Gasteiger partial charge in [-0.1, -0.05) is 18.2 Å². The summed E-state index contributed by atoms with van der Waals surface area (Å²) < 4.78 is 13.5. The molecule has 0 amide bonds. The Kier molecular flexibility index (Phi) is 4.48. The predicted molar refractivity (Wildman–Crippen MR) is 69.6 cm³/mol. The van der Waals surface area contributed by atoms with Crippen molar-refractivity contribution in [3.05, 3.63) is 35.6 Å². The zero-order chi connectivity index (χ0) is 13.0. The molecule has 0 unspecified atom stereocenters. The number of hydrogen-bond donors (Lipinski definition) is 1. The Balaban J connectivity index is 1.91. The molecule has 2 rings (SSSR count). The highest BCUT2D eigenvalue weighted by molar-refractivity contribution is 5.83. The van der Waals surface area contributed by atoms with Crippen molar-refractivity contribution < 1.29 is 9.18 Å². The van der Waals surface area contributed by atoms with Crippen molar-refractivity contribution in [2.75, 3.05) is 6.54 Å². The first-order valence-electron chi connectivity index (χ1n) is 6.67. The Morgan fingerprint density at radius 3 is 2.50 bits per heavy atom. The maximum Gasteiger partial charge on any atom is 0.140 e. The molecule has 0 spiro atoms. The average molecular weight is 249 g/mol. The largest absolute Gasteiger partial charge is 0.330 e. The van der Waals surface area contributed by atoms with Gasteiger partial charge in [-0.3, -0.25) is 4.79 Å². The van der Waals surface area contributed by atoms with Crippen LogP contribution in [0.15, 0.2) is 24.3 Å². The SMILES string of the molecule is NCC1CCC(C(=O)Cc2ccccc2F)CC1. The quantitative estimate of drug-likeness (QED) is 0.891. The molecule has 2 nitrogen and oxygen atoms in total. The third-order valence-corrected chi connectivity index (χ3v) is 3.96. The molecule has 0 bridgehead atoms. The van der Waals surface area contributed by atoms with Gasteiger partial charge in [0.2, 0.25) is 0 Å². The summed E-state index contributed by atoms with van der Waals surface area (Å²) in [6, 6.07) is 6.53. The second-order valence-corrected chi connectivity index (χ2v) is 5.19. The third kappa shape index (κ3) is 3.16. The average Bonchev–Trinajstić information content (AvgIpc) is 2.41. The van der Waals surface area contributed by atoms with Crippen molar-refractivity contribution in [3.8, 4) is 0 Å². The van der Waals surface area contributed by atoms with Crippen LogP contribution in [0.1, 0.15) is 31.2 Å². The minimum Gasteiger partial charge on any atom is -0.330 e. The summed E-state index contributed by atoms with van der Waals surface area (Å²) in [7, 11) is 0. The molecule has 0 aliphatic heterocycles. The lowest BCUT2D eigenvalue weighted by atomic mass is 9.79. The highest BCUT2D eigenvalue weighted by atomic mass is 19.1. The summed E-state index contributed by atoms with van der Waals surface area (Å²) in [6.07, 6.45) is 4.11. The zero-order valence-electron chi connectivity index (χ0n) is 10.6. The molecule has 1 aromatic carbocycles. The van der Waals surface area contributed by atoms with E-state index in [1.165, 1.54) is 6.07 Å². The molecule has 0 heterocycles. The molecular formula is C15H20FNO. The molecule has 1 aliphatic rings. The van der Waals surface area contributed by atoms with E-state index in [1.54, 1.807) is 18.2 Å². The monoisotopic (exact) mass is 249 g/mol. The molecule has 2 N–H and O–H groups in total. The summed E-state index contributed by atoms with van der Waals surface area (Å²) >= 11 is 0. The Morgan fingerprint density at radius 1 is 1.22 bits per heavy atom. The maximum absolute atomic E-state index is 13.5. The fraction of sp³-hybridized carbons (Fsp3) is 0.533.